The van der Waals surface area contributed by atoms with E-state index in [2.05, 4.69) is 15.2 Å². The van der Waals surface area contributed by atoms with E-state index in [1.54, 1.807) is 6.07 Å². The van der Waals surface area contributed by atoms with E-state index in [9.17, 15) is 9.59 Å². The van der Waals surface area contributed by atoms with Gasteiger partial charge in [-0.15, -0.1) is 0 Å². The molecule has 0 saturated heterocycles. The van der Waals surface area contributed by atoms with Gasteiger partial charge in [-0.3, -0.25) is 4.79 Å². The maximum Gasteiger partial charge on any atom is 0.328 e. The number of esters is 1. The second-order valence-corrected chi connectivity index (χ2v) is 4.61. The molecule has 2 rings (SSSR count). The van der Waals surface area contributed by atoms with Gasteiger partial charge in [-0.05, 0) is 19.4 Å². The van der Waals surface area contributed by atoms with Crippen molar-refractivity contribution < 1.29 is 18.8 Å². The van der Waals surface area contributed by atoms with Gasteiger partial charge < -0.3 is 14.6 Å². The van der Waals surface area contributed by atoms with Gasteiger partial charge in [0.1, 0.15) is 11.7 Å². The molecule has 6 nitrogen and oxygen atoms in total. The Kier molecular flexibility index (Phi) is 4.37. The average molecular weight is 288 g/mol. The van der Waals surface area contributed by atoms with Gasteiger partial charge in [0, 0.05) is 11.6 Å². The van der Waals surface area contributed by atoms with Gasteiger partial charge in [0.15, 0.2) is 0 Å². The standard InChI is InChI=1S/C15H16N2O4/c1-9-6-4-5-7-11(9)12-8-13(21-17-12)14(18)16-10(2)15(19)20-3/h4-8,10H,1-3H3,(H,16,18)/t10-/m1/s1. The summed E-state index contributed by atoms with van der Waals surface area (Å²) in [5.41, 5.74) is 2.49. The average Bonchev–Trinajstić information content (AvgIpc) is 2.96. The highest BCUT2D eigenvalue weighted by molar-refractivity contribution is 5.95. The third kappa shape index (κ3) is 3.28. The lowest BCUT2D eigenvalue weighted by Crippen LogP contribution is -2.38. The quantitative estimate of drug-likeness (QED) is 0.869. The van der Waals surface area contributed by atoms with Crippen LogP contribution < -0.4 is 5.32 Å². The van der Waals surface area contributed by atoms with Gasteiger partial charge in [0.05, 0.1) is 7.11 Å². The summed E-state index contributed by atoms with van der Waals surface area (Å²) in [4.78, 5) is 23.2. The zero-order valence-electron chi connectivity index (χ0n) is 12.0. The first kappa shape index (κ1) is 14.8. The van der Waals surface area contributed by atoms with Crippen molar-refractivity contribution in [3.8, 4) is 11.3 Å². The molecule has 0 aliphatic heterocycles. The van der Waals surface area contributed by atoms with E-state index in [4.69, 9.17) is 4.52 Å². The van der Waals surface area contributed by atoms with Crippen LogP contribution in [-0.4, -0.2) is 30.2 Å². The smallest absolute Gasteiger partial charge is 0.328 e. The zero-order valence-corrected chi connectivity index (χ0v) is 12.0. The molecular formula is C15H16N2O4. The lowest BCUT2D eigenvalue weighted by Gasteiger charge is -2.09. The summed E-state index contributed by atoms with van der Waals surface area (Å²) in [5, 5.41) is 6.37. The van der Waals surface area contributed by atoms with Crippen LogP contribution in [0.1, 0.15) is 23.0 Å². The fraction of sp³-hybridized carbons (Fsp3) is 0.267. The van der Waals surface area contributed by atoms with Gasteiger partial charge in [0.2, 0.25) is 5.76 Å². The summed E-state index contributed by atoms with van der Waals surface area (Å²) in [6.45, 7) is 3.48. The second-order valence-electron chi connectivity index (χ2n) is 4.61. The molecule has 6 heteroatoms. The fourth-order valence-electron chi connectivity index (χ4n) is 1.87. The van der Waals surface area contributed by atoms with Crippen LogP contribution in [0.15, 0.2) is 34.9 Å². The molecule has 0 saturated carbocycles. The van der Waals surface area contributed by atoms with Gasteiger partial charge in [-0.25, -0.2) is 4.79 Å². The topological polar surface area (TPSA) is 81.4 Å². The summed E-state index contributed by atoms with van der Waals surface area (Å²) in [7, 11) is 1.26. The largest absolute Gasteiger partial charge is 0.467 e. The first-order valence-electron chi connectivity index (χ1n) is 6.44. The van der Waals surface area contributed by atoms with Crippen molar-refractivity contribution in [1.82, 2.24) is 10.5 Å². The zero-order chi connectivity index (χ0) is 15.4. The maximum absolute atomic E-state index is 12.0. The molecule has 1 atom stereocenters. The summed E-state index contributed by atoms with van der Waals surface area (Å²) < 4.78 is 9.58. The summed E-state index contributed by atoms with van der Waals surface area (Å²) in [6.07, 6.45) is 0. The van der Waals surface area contributed by atoms with Gasteiger partial charge >= 0.3 is 5.97 Å². The van der Waals surface area contributed by atoms with Gasteiger partial charge in [-0.1, -0.05) is 29.4 Å². The molecule has 0 fully saturated rings. The Morgan fingerprint density at radius 3 is 2.71 bits per heavy atom. The number of benzene rings is 1. The third-order valence-electron chi connectivity index (χ3n) is 3.06. The third-order valence-corrected chi connectivity index (χ3v) is 3.06. The number of nitrogens with one attached hydrogen (secondary N) is 1. The van der Waals surface area contributed by atoms with E-state index < -0.39 is 17.9 Å². The van der Waals surface area contributed by atoms with Crippen LogP contribution in [-0.2, 0) is 9.53 Å². The van der Waals surface area contributed by atoms with Crippen molar-refractivity contribution in [2.75, 3.05) is 7.11 Å². The molecule has 1 heterocycles. The summed E-state index contributed by atoms with van der Waals surface area (Å²) in [5.74, 6) is -0.994. The minimum absolute atomic E-state index is 0.0454. The van der Waals surface area contributed by atoms with Crippen LogP contribution in [0.5, 0.6) is 0 Å². The first-order chi connectivity index (χ1) is 10.0. The molecule has 0 bridgehead atoms. The Labute approximate surface area is 122 Å². The molecule has 1 N–H and O–H groups in total. The highest BCUT2D eigenvalue weighted by Gasteiger charge is 2.20. The maximum atomic E-state index is 12.0. The highest BCUT2D eigenvalue weighted by Crippen LogP contribution is 2.22. The number of methoxy groups -OCH3 is 1. The van der Waals surface area contributed by atoms with E-state index in [1.807, 2.05) is 31.2 Å². The molecule has 2 aromatic rings. The molecule has 1 aromatic carbocycles. The monoisotopic (exact) mass is 288 g/mol. The predicted molar refractivity (Wildman–Crippen MR) is 75.6 cm³/mol. The molecular weight excluding hydrogens is 272 g/mol. The van der Waals surface area contributed by atoms with E-state index in [0.717, 1.165) is 11.1 Å². The van der Waals surface area contributed by atoms with Crippen LogP contribution >= 0.6 is 0 Å². The molecule has 110 valence electrons. The molecule has 0 aliphatic carbocycles. The Balaban J connectivity index is 2.15. The Hall–Kier alpha value is -2.63. The number of carbonyl (C=O) groups excluding carboxylic acids is 2. The number of nitrogens with zero attached hydrogens (tertiary/aromatic N) is 1. The molecule has 0 unspecified atom stereocenters. The van der Waals surface area contributed by atoms with E-state index in [0.29, 0.717) is 5.69 Å². The lowest BCUT2D eigenvalue weighted by molar-refractivity contribution is -0.142. The number of ether oxygens (including phenoxy) is 1. The van der Waals surface area contributed by atoms with Crippen LogP contribution in [0, 0.1) is 6.92 Å². The SMILES string of the molecule is COC(=O)[C@@H](C)NC(=O)c1cc(-c2ccccc2C)no1. The Morgan fingerprint density at radius 1 is 1.33 bits per heavy atom. The fourth-order valence-corrected chi connectivity index (χ4v) is 1.87. The molecule has 0 radical (unpaired) electrons. The van der Waals surface area contributed by atoms with Gasteiger partial charge in [0.25, 0.3) is 5.91 Å². The van der Waals surface area contributed by atoms with Crippen molar-refractivity contribution in [3.05, 3.63) is 41.7 Å². The van der Waals surface area contributed by atoms with Crippen molar-refractivity contribution in [3.63, 3.8) is 0 Å². The first-order valence-corrected chi connectivity index (χ1v) is 6.44. The number of rotatable bonds is 4. The molecule has 21 heavy (non-hydrogen) atoms. The number of aromatic nitrogens is 1. The number of carbonyl (C=O) groups is 2. The number of aryl methyl sites for hydroxylation is 1. The molecule has 0 aliphatic rings. The lowest BCUT2D eigenvalue weighted by atomic mass is 10.1. The van der Waals surface area contributed by atoms with E-state index in [-0.39, 0.29) is 5.76 Å². The van der Waals surface area contributed by atoms with Gasteiger partial charge in [-0.2, -0.15) is 0 Å². The van der Waals surface area contributed by atoms with Crippen molar-refractivity contribution in [2.45, 2.75) is 19.9 Å². The number of hydrogen-bond acceptors (Lipinski definition) is 5. The Morgan fingerprint density at radius 2 is 2.05 bits per heavy atom. The number of amides is 1. The van der Waals surface area contributed by atoms with Crippen molar-refractivity contribution in [2.24, 2.45) is 0 Å². The minimum Gasteiger partial charge on any atom is -0.467 e. The van der Waals surface area contributed by atoms with E-state index >= 15 is 0 Å². The highest BCUT2D eigenvalue weighted by atomic mass is 16.5. The van der Waals surface area contributed by atoms with E-state index in [1.165, 1.54) is 14.0 Å². The summed E-state index contributed by atoms with van der Waals surface area (Å²) >= 11 is 0. The predicted octanol–water partition coefficient (Wildman–Crippen LogP) is 1.94. The molecule has 1 aromatic heterocycles. The molecule has 0 spiro atoms. The van der Waals surface area contributed by atoms with Crippen LogP contribution in [0.3, 0.4) is 0 Å². The molecule has 1 amide bonds. The Bertz CT molecular complexity index is 663. The van der Waals surface area contributed by atoms with Crippen LogP contribution in [0.2, 0.25) is 0 Å². The minimum atomic E-state index is -0.755. The van der Waals surface area contributed by atoms with Crippen molar-refractivity contribution in [1.29, 1.82) is 0 Å². The summed E-state index contributed by atoms with van der Waals surface area (Å²) in [6, 6.07) is 8.44. The number of hydrogen-bond donors (Lipinski definition) is 1. The van der Waals surface area contributed by atoms with Crippen LogP contribution in [0.4, 0.5) is 0 Å². The van der Waals surface area contributed by atoms with Crippen molar-refractivity contribution >= 4 is 11.9 Å². The second kappa shape index (κ2) is 6.21. The normalized spacial score (nSPS) is 11.8. The van der Waals surface area contributed by atoms with Crippen LogP contribution in [0.25, 0.3) is 11.3 Å².